The highest BCUT2D eigenvalue weighted by Gasteiger charge is 2.21. The van der Waals surface area contributed by atoms with Crippen LogP contribution in [0.25, 0.3) is 0 Å². The number of hydrogen-bond donors (Lipinski definition) is 2. The second-order valence-corrected chi connectivity index (χ2v) is 4.35. The molecule has 4 heteroatoms. The minimum Gasteiger partial charge on any atom is -0.321 e. The van der Waals surface area contributed by atoms with Crippen molar-refractivity contribution in [2.45, 2.75) is 33.6 Å². The molecule has 0 aliphatic heterocycles. The highest BCUT2D eigenvalue weighted by molar-refractivity contribution is 7.56. The Kier molecular flexibility index (Phi) is 5.23. The largest absolute Gasteiger partial charge is 0.352 e. The van der Waals surface area contributed by atoms with Crippen LogP contribution in [0.4, 0.5) is 0 Å². The van der Waals surface area contributed by atoms with E-state index in [9.17, 15) is 4.57 Å². The van der Waals surface area contributed by atoms with Gasteiger partial charge in [-0.15, -0.1) is 0 Å². The summed E-state index contributed by atoms with van der Waals surface area (Å²) in [6.45, 7) is 5.48. The molecule has 0 aliphatic carbocycles. The molecule has 2 N–H and O–H groups in total. The average Bonchev–Trinajstić information content (AvgIpc) is 2.01. The maximum Gasteiger partial charge on any atom is 0.352 e. The van der Waals surface area contributed by atoms with Crippen LogP contribution in [0.15, 0.2) is 23.0 Å². The van der Waals surface area contributed by atoms with E-state index >= 15 is 0 Å². The third kappa shape index (κ3) is 3.90. The summed E-state index contributed by atoms with van der Waals surface area (Å²) in [7, 11) is -4.05. The maximum atomic E-state index is 11.0. The predicted octanol–water partition coefficient (Wildman–Crippen LogP) is 2.81. The van der Waals surface area contributed by atoms with Gasteiger partial charge in [0.2, 0.25) is 0 Å². The molecule has 0 unspecified atom stereocenters. The molecule has 0 spiro atoms. The fraction of sp³-hybridized carbons (Fsp3) is 0.556. The molecule has 0 radical (unpaired) electrons. The highest BCUT2D eigenvalue weighted by atomic mass is 31.2. The first-order valence-electron chi connectivity index (χ1n) is 4.38. The van der Waals surface area contributed by atoms with Crippen LogP contribution >= 0.6 is 7.60 Å². The Hall–Kier alpha value is -0.370. The molecule has 0 amide bonds. The quantitative estimate of drug-likeness (QED) is 0.546. The molecule has 0 rings (SSSR count). The lowest BCUT2D eigenvalue weighted by atomic mass is 10.1. The molecular formula is C9H17O3P. The van der Waals surface area contributed by atoms with Gasteiger partial charge in [-0.05, 0) is 25.3 Å². The van der Waals surface area contributed by atoms with Gasteiger partial charge in [0.05, 0.1) is 0 Å². The van der Waals surface area contributed by atoms with Crippen LogP contribution in [0.5, 0.6) is 0 Å². The van der Waals surface area contributed by atoms with Crippen LogP contribution in [0.3, 0.4) is 0 Å². The van der Waals surface area contributed by atoms with Crippen LogP contribution in [0.1, 0.15) is 33.6 Å². The van der Waals surface area contributed by atoms with Gasteiger partial charge < -0.3 is 9.79 Å². The molecule has 0 saturated carbocycles. The van der Waals surface area contributed by atoms with E-state index in [1.165, 1.54) is 0 Å². The number of allylic oxidation sites excluding steroid dienone is 4. The van der Waals surface area contributed by atoms with Crippen molar-refractivity contribution < 1.29 is 14.4 Å². The van der Waals surface area contributed by atoms with E-state index < -0.39 is 7.60 Å². The SMILES string of the molecule is CC=C/C(CC)=C(\CC)P(=O)(O)O. The zero-order chi connectivity index (χ0) is 10.5. The molecule has 0 saturated heterocycles. The number of rotatable bonds is 4. The summed E-state index contributed by atoms with van der Waals surface area (Å²) in [5, 5.41) is 0.258. The van der Waals surface area contributed by atoms with Crippen LogP contribution in [-0.4, -0.2) is 9.79 Å². The van der Waals surface area contributed by atoms with Gasteiger partial charge in [0, 0.05) is 5.31 Å². The highest BCUT2D eigenvalue weighted by Crippen LogP contribution is 2.48. The summed E-state index contributed by atoms with van der Waals surface area (Å²) in [5.41, 5.74) is 0.748. The van der Waals surface area contributed by atoms with Gasteiger partial charge in [0.15, 0.2) is 0 Å². The zero-order valence-corrected chi connectivity index (χ0v) is 9.21. The maximum absolute atomic E-state index is 11.0. The minimum absolute atomic E-state index is 0.258. The molecule has 0 heterocycles. The van der Waals surface area contributed by atoms with E-state index in [1.54, 1.807) is 19.1 Å². The molecule has 0 aromatic carbocycles. The van der Waals surface area contributed by atoms with E-state index in [0.717, 1.165) is 5.57 Å². The van der Waals surface area contributed by atoms with Gasteiger partial charge in [0.1, 0.15) is 0 Å². The molecule has 0 fully saturated rings. The fourth-order valence-corrected chi connectivity index (χ4v) is 2.26. The van der Waals surface area contributed by atoms with Crippen LogP contribution in [0, 0.1) is 0 Å². The molecular weight excluding hydrogens is 187 g/mol. The molecule has 3 nitrogen and oxygen atoms in total. The Morgan fingerprint density at radius 3 is 2.08 bits per heavy atom. The van der Waals surface area contributed by atoms with E-state index in [4.69, 9.17) is 9.79 Å². The average molecular weight is 204 g/mol. The Balaban J connectivity index is 5.18. The zero-order valence-electron chi connectivity index (χ0n) is 8.32. The van der Waals surface area contributed by atoms with Crippen molar-refractivity contribution in [3.8, 4) is 0 Å². The van der Waals surface area contributed by atoms with Crippen molar-refractivity contribution in [1.29, 1.82) is 0 Å². The molecule has 0 aromatic heterocycles. The minimum atomic E-state index is -4.05. The lowest BCUT2D eigenvalue weighted by Gasteiger charge is -2.10. The lowest BCUT2D eigenvalue weighted by Crippen LogP contribution is -1.90. The molecule has 13 heavy (non-hydrogen) atoms. The Labute approximate surface area is 79.3 Å². The van der Waals surface area contributed by atoms with Crippen molar-refractivity contribution in [2.24, 2.45) is 0 Å². The first-order valence-corrected chi connectivity index (χ1v) is 5.99. The van der Waals surface area contributed by atoms with E-state index in [0.29, 0.717) is 12.8 Å². The third-order valence-electron chi connectivity index (χ3n) is 1.81. The lowest BCUT2D eigenvalue weighted by molar-refractivity contribution is 0.380. The van der Waals surface area contributed by atoms with Gasteiger partial charge in [-0.25, -0.2) is 0 Å². The standard InChI is InChI=1S/C9H17O3P/c1-4-7-8(5-2)9(6-3)13(10,11)12/h4,7H,5-6H2,1-3H3,(H2,10,11,12)/b7-4?,9-8+. The molecule has 0 aromatic rings. The van der Waals surface area contributed by atoms with Crippen molar-refractivity contribution in [3.63, 3.8) is 0 Å². The van der Waals surface area contributed by atoms with Gasteiger partial charge >= 0.3 is 7.60 Å². The van der Waals surface area contributed by atoms with Crippen molar-refractivity contribution in [2.75, 3.05) is 0 Å². The fourth-order valence-electron chi connectivity index (χ4n) is 1.24. The second kappa shape index (κ2) is 5.38. The molecule has 0 atom stereocenters. The summed E-state index contributed by atoms with van der Waals surface area (Å²) in [6, 6.07) is 0. The Morgan fingerprint density at radius 2 is 1.85 bits per heavy atom. The van der Waals surface area contributed by atoms with Crippen molar-refractivity contribution in [1.82, 2.24) is 0 Å². The van der Waals surface area contributed by atoms with E-state index in [1.807, 2.05) is 13.8 Å². The van der Waals surface area contributed by atoms with Crippen LogP contribution < -0.4 is 0 Å². The smallest absolute Gasteiger partial charge is 0.321 e. The monoisotopic (exact) mass is 204 g/mol. The predicted molar refractivity (Wildman–Crippen MR) is 54.5 cm³/mol. The van der Waals surface area contributed by atoms with Crippen molar-refractivity contribution in [3.05, 3.63) is 23.0 Å². The van der Waals surface area contributed by atoms with Crippen LogP contribution in [-0.2, 0) is 4.57 Å². The van der Waals surface area contributed by atoms with Gasteiger partial charge in [-0.3, -0.25) is 4.57 Å². The van der Waals surface area contributed by atoms with E-state index in [2.05, 4.69) is 0 Å². The Bertz CT molecular complexity index is 260. The van der Waals surface area contributed by atoms with Crippen molar-refractivity contribution >= 4 is 7.60 Å². The first kappa shape index (κ1) is 12.6. The first-order chi connectivity index (χ1) is 5.97. The summed E-state index contributed by atoms with van der Waals surface area (Å²) in [4.78, 5) is 18.0. The summed E-state index contributed by atoms with van der Waals surface area (Å²) in [6.07, 6.45) is 4.61. The van der Waals surface area contributed by atoms with E-state index in [-0.39, 0.29) is 5.31 Å². The van der Waals surface area contributed by atoms with Gasteiger partial charge in [0.25, 0.3) is 0 Å². The normalized spacial score (nSPS) is 14.8. The molecule has 0 bridgehead atoms. The topological polar surface area (TPSA) is 57.5 Å². The summed E-state index contributed by atoms with van der Waals surface area (Å²) >= 11 is 0. The Morgan fingerprint density at radius 1 is 1.31 bits per heavy atom. The summed E-state index contributed by atoms with van der Waals surface area (Å²) < 4.78 is 11.0. The summed E-state index contributed by atoms with van der Waals surface area (Å²) in [5.74, 6) is 0. The molecule has 76 valence electrons. The second-order valence-electron chi connectivity index (χ2n) is 2.72. The van der Waals surface area contributed by atoms with Gasteiger partial charge in [-0.1, -0.05) is 26.0 Å². The molecule has 0 aliphatic rings. The van der Waals surface area contributed by atoms with Crippen LogP contribution in [0.2, 0.25) is 0 Å². The number of hydrogen-bond acceptors (Lipinski definition) is 1. The van der Waals surface area contributed by atoms with Gasteiger partial charge in [-0.2, -0.15) is 0 Å². The third-order valence-corrected chi connectivity index (χ3v) is 3.11.